The Balaban J connectivity index is 1.59. The molecule has 0 saturated carbocycles. The van der Waals surface area contributed by atoms with Crippen LogP contribution in [-0.2, 0) is 11.3 Å². The highest BCUT2D eigenvalue weighted by Gasteiger charge is 2.18. The Labute approximate surface area is 187 Å². The summed E-state index contributed by atoms with van der Waals surface area (Å²) in [5.74, 6) is -0.411. The number of hydrogen-bond acceptors (Lipinski definition) is 6. The predicted octanol–water partition coefficient (Wildman–Crippen LogP) is 4.56. The highest BCUT2D eigenvalue weighted by atomic mass is 35.5. The van der Waals surface area contributed by atoms with E-state index in [4.69, 9.17) is 16.3 Å². The van der Waals surface area contributed by atoms with Crippen LogP contribution in [0.3, 0.4) is 0 Å². The quantitative estimate of drug-likeness (QED) is 0.569. The van der Waals surface area contributed by atoms with Crippen molar-refractivity contribution in [1.29, 1.82) is 0 Å². The fourth-order valence-corrected chi connectivity index (χ4v) is 3.94. The molecule has 1 aromatic heterocycles. The summed E-state index contributed by atoms with van der Waals surface area (Å²) >= 11 is 6.23. The molecule has 31 heavy (non-hydrogen) atoms. The van der Waals surface area contributed by atoms with Gasteiger partial charge in [0.15, 0.2) is 0 Å². The third-order valence-corrected chi connectivity index (χ3v) is 5.79. The fourth-order valence-electron chi connectivity index (χ4n) is 3.77. The molecule has 3 aromatic rings. The minimum atomic E-state index is -0.411. The molecule has 0 radical (unpaired) electrons. The summed E-state index contributed by atoms with van der Waals surface area (Å²) in [7, 11) is 2.17. The standard InChI is InChI=1S/C24H27ClN4O2/c1-3-31-24(30)21-15-26-22-9-6-18(25)14-20(22)23(21)27-19-7-4-17(5-8-19)16-29-12-10-28(2)11-13-29/h4-9,14-15H,3,10-13,16H2,1-2H3,(H,26,27). The van der Waals surface area contributed by atoms with Gasteiger partial charge in [-0.2, -0.15) is 0 Å². The van der Waals surface area contributed by atoms with Crippen LogP contribution in [0.5, 0.6) is 0 Å². The minimum absolute atomic E-state index is 0.298. The number of nitrogens with zero attached hydrogens (tertiary/aromatic N) is 3. The van der Waals surface area contributed by atoms with Crippen LogP contribution < -0.4 is 5.32 Å². The molecule has 0 bridgehead atoms. The first-order valence-electron chi connectivity index (χ1n) is 10.6. The average molecular weight is 439 g/mol. The van der Waals surface area contributed by atoms with E-state index >= 15 is 0 Å². The number of piperazine rings is 1. The highest BCUT2D eigenvalue weighted by Crippen LogP contribution is 2.31. The van der Waals surface area contributed by atoms with Crippen LogP contribution in [-0.4, -0.2) is 60.6 Å². The number of pyridine rings is 1. The summed E-state index contributed by atoms with van der Waals surface area (Å²) in [4.78, 5) is 21.8. The number of halogens is 1. The van der Waals surface area contributed by atoms with Crippen molar-refractivity contribution in [3.05, 3.63) is 64.8 Å². The van der Waals surface area contributed by atoms with Crippen LogP contribution in [0.2, 0.25) is 5.02 Å². The van der Waals surface area contributed by atoms with E-state index in [1.165, 1.54) is 5.56 Å². The number of likely N-dealkylation sites (N-methyl/N-ethyl adjacent to an activating group) is 1. The molecule has 0 aliphatic carbocycles. The number of hydrogen-bond donors (Lipinski definition) is 1. The predicted molar refractivity (Wildman–Crippen MR) is 125 cm³/mol. The Morgan fingerprint density at radius 2 is 1.87 bits per heavy atom. The number of anilines is 2. The van der Waals surface area contributed by atoms with Gasteiger partial charge in [-0.05, 0) is 49.9 Å². The molecule has 4 rings (SSSR count). The Kier molecular flexibility index (Phi) is 6.70. The third kappa shape index (κ3) is 5.15. The van der Waals surface area contributed by atoms with Gasteiger partial charge in [-0.25, -0.2) is 4.79 Å². The molecule has 7 heteroatoms. The zero-order chi connectivity index (χ0) is 21.8. The van der Waals surface area contributed by atoms with E-state index in [2.05, 4.69) is 39.3 Å². The summed E-state index contributed by atoms with van der Waals surface area (Å²) in [5, 5.41) is 4.76. The molecule has 0 amide bonds. The van der Waals surface area contributed by atoms with Crippen LogP contribution in [0.25, 0.3) is 10.9 Å². The first-order chi connectivity index (χ1) is 15.0. The van der Waals surface area contributed by atoms with E-state index in [0.717, 1.165) is 49.3 Å². The lowest BCUT2D eigenvalue weighted by atomic mass is 10.1. The molecule has 6 nitrogen and oxygen atoms in total. The maximum absolute atomic E-state index is 12.5. The molecule has 0 unspecified atom stereocenters. The first-order valence-corrected chi connectivity index (χ1v) is 10.9. The number of carbonyl (C=O) groups is 1. The van der Waals surface area contributed by atoms with Crippen LogP contribution in [0.1, 0.15) is 22.8 Å². The number of rotatable bonds is 6. The summed E-state index contributed by atoms with van der Waals surface area (Å²) in [6, 6.07) is 13.8. The smallest absolute Gasteiger partial charge is 0.341 e. The van der Waals surface area contributed by atoms with Gasteiger partial charge in [0.2, 0.25) is 0 Å². The lowest BCUT2D eigenvalue weighted by Gasteiger charge is -2.32. The number of nitrogens with one attached hydrogen (secondary N) is 1. The van der Waals surface area contributed by atoms with Crippen molar-refractivity contribution < 1.29 is 9.53 Å². The second kappa shape index (κ2) is 9.64. The van der Waals surface area contributed by atoms with Gasteiger partial charge < -0.3 is 15.0 Å². The number of fused-ring (bicyclic) bond motifs is 1. The van der Waals surface area contributed by atoms with Crippen LogP contribution >= 0.6 is 11.6 Å². The van der Waals surface area contributed by atoms with Crippen molar-refractivity contribution in [3.63, 3.8) is 0 Å². The van der Waals surface area contributed by atoms with Gasteiger partial charge in [-0.1, -0.05) is 23.7 Å². The first kappa shape index (κ1) is 21.6. The Morgan fingerprint density at radius 1 is 1.13 bits per heavy atom. The van der Waals surface area contributed by atoms with E-state index in [-0.39, 0.29) is 0 Å². The molecule has 1 aliphatic rings. The zero-order valence-electron chi connectivity index (χ0n) is 17.9. The molecule has 1 saturated heterocycles. The second-order valence-corrected chi connectivity index (χ2v) is 8.27. The van der Waals surface area contributed by atoms with Crippen molar-refractivity contribution in [3.8, 4) is 0 Å². The van der Waals surface area contributed by atoms with Crippen LogP contribution in [0.15, 0.2) is 48.7 Å². The lowest BCUT2D eigenvalue weighted by molar-refractivity contribution is 0.0527. The second-order valence-electron chi connectivity index (χ2n) is 7.83. The molecule has 2 aromatic carbocycles. The molecule has 1 N–H and O–H groups in total. The Morgan fingerprint density at radius 3 is 2.58 bits per heavy atom. The van der Waals surface area contributed by atoms with Crippen LogP contribution in [0.4, 0.5) is 11.4 Å². The van der Waals surface area contributed by atoms with Crippen LogP contribution in [0, 0.1) is 0 Å². The normalized spacial score (nSPS) is 15.2. The number of ether oxygens (including phenoxy) is 1. The summed E-state index contributed by atoms with van der Waals surface area (Å²) in [6.07, 6.45) is 1.55. The number of esters is 1. The SMILES string of the molecule is CCOC(=O)c1cnc2ccc(Cl)cc2c1Nc1ccc(CN2CCN(C)CC2)cc1. The molecule has 0 atom stereocenters. The van der Waals surface area contributed by atoms with Crippen molar-refractivity contribution in [2.75, 3.05) is 45.2 Å². The molecule has 1 fully saturated rings. The van der Waals surface area contributed by atoms with E-state index in [1.807, 2.05) is 24.3 Å². The van der Waals surface area contributed by atoms with E-state index in [0.29, 0.717) is 22.9 Å². The Bertz CT molecular complexity index is 1060. The lowest BCUT2D eigenvalue weighted by Crippen LogP contribution is -2.43. The van der Waals surface area contributed by atoms with Gasteiger partial charge in [0.1, 0.15) is 5.56 Å². The number of carbonyl (C=O) groups excluding carboxylic acids is 1. The van der Waals surface area contributed by atoms with Gasteiger partial charge in [0.05, 0.1) is 17.8 Å². The topological polar surface area (TPSA) is 57.7 Å². The van der Waals surface area contributed by atoms with Gasteiger partial charge in [0, 0.05) is 55.0 Å². The number of aromatic nitrogens is 1. The van der Waals surface area contributed by atoms with Crippen molar-refractivity contribution in [2.45, 2.75) is 13.5 Å². The minimum Gasteiger partial charge on any atom is -0.462 e. The van der Waals surface area contributed by atoms with Gasteiger partial charge in [0.25, 0.3) is 0 Å². The molecule has 162 valence electrons. The Hall–Kier alpha value is -2.67. The molecular weight excluding hydrogens is 412 g/mol. The highest BCUT2D eigenvalue weighted by molar-refractivity contribution is 6.31. The zero-order valence-corrected chi connectivity index (χ0v) is 18.7. The third-order valence-electron chi connectivity index (χ3n) is 5.55. The van der Waals surface area contributed by atoms with Gasteiger partial charge in [-0.3, -0.25) is 9.88 Å². The largest absolute Gasteiger partial charge is 0.462 e. The molecular formula is C24H27ClN4O2. The van der Waals surface area contributed by atoms with E-state index in [1.54, 1.807) is 19.2 Å². The van der Waals surface area contributed by atoms with Crippen molar-refractivity contribution in [2.24, 2.45) is 0 Å². The fraction of sp³-hybridized carbons (Fsp3) is 0.333. The molecule has 0 spiro atoms. The number of benzene rings is 2. The van der Waals surface area contributed by atoms with Gasteiger partial charge >= 0.3 is 5.97 Å². The summed E-state index contributed by atoms with van der Waals surface area (Å²) < 4.78 is 5.24. The summed E-state index contributed by atoms with van der Waals surface area (Å²) in [5.41, 5.74) is 3.95. The average Bonchev–Trinajstić information content (AvgIpc) is 2.77. The van der Waals surface area contributed by atoms with E-state index in [9.17, 15) is 4.79 Å². The monoisotopic (exact) mass is 438 g/mol. The van der Waals surface area contributed by atoms with Crippen molar-refractivity contribution >= 4 is 39.8 Å². The van der Waals surface area contributed by atoms with Crippen molar-refractivity contribution in [1.82, 2.24) is 14.8 Å². The molecule has 1 aliphatic heterocycles. The van der Waals surface area contributed by atoms with E-state index < -0.39 is 5.97 Å². The molecule has 2 heterocycles. The maximum Gasteiger partial charge on any atom is 0.341 e. The summed E-state index contributed by atoms with van der Waals surface area (Å²) in [6.45, 7) is 7.41. The van der Waals surface area contributed by atoms with Gasteiger partial charge in [-0.15, -0.1) is 0 Å². The maximum atomic E-state index is 12.5.